The van der Waals surface area contributed by atoms with Crippen LogP contribution < -0.4 is 14.2 Å². The van der Waals surface area contributed by atoms with Crippen LogP contribution >= 0.6 is 0 Å². The van der Waals surface area contributed by atoms with E-state index in [1.54, 1.807) is 42.5 Å². The van der Waals surface area contributed by atoms with Crippen molar-refractivity contribution in [3.8, 4) is 17.2 Å². The second-order valence-corrected chi connectivity index (χ2v) is 6.72. The lowest BCUT2D eigenvalue weighted by atomic mass is 10.0. The van der Waals surface area contributed by atoms with Gasteiger partial charge in [0.25, 0.3) is 0 Å². The average molecular weight is 398 g/mol. The zero-order valence-corrected chi connectivity index (χ0v) is 16.6. The van der Waals surface area contributed by atoms with Gasteiger partial charge in [-0.1, -0.05) is 25.5 Å². The Morgan fingerprint density at radius 2 is 1.72 bits per heavy atom. The number of hydrogen-bond donors (Lipinski definition) is 0. The summed E-state index contributed by atoms with van der Waals surface area (Å²) < 4.78 is 22.0. The monoisotopic (exact) mass is 398 g/mol. The van der Waals surface area contributed by atoms with Crippen LogP contribution in [0.5, 0.6) is 17.2 Å². The maximum absolute atomic E-state index is 12.7. The van der Waals surface area contributed by atoms with E-state index < -0.39 is 0 Å². The van der Waals surface area contributed by atoms with Gasteiger partial charge in [0, 0.05) is 18.4 Å². The molecule has 0 bridgehead atoms. The molecule has 29 heavy (non-hydrogen) atoms. The lowest BCUT2D eigenvalue weighted by molar-refractivity contribution is 0.0136. The van der Waals surface area contributed by atoms with E-state index in [-0.39, 0.29) is 31.2 Å². The number of ketones is 2. The van der Waals surface area contributed by atoms with Crippen LogP contribution in [0.3, 0.4) is 0 Å². The molecule has 0 fully saturated rings. The smallest absolute Gasteiger partial charge is 0.189 e. The van der Waals surface area contributed by atoms with Crippen LogP contribution in [-0.2, 0) is 4.74 Å². The van der Waals surface area contributed by atoms with Crippen LogP contribution in [0.25, 0.3) is 0 Å². The molecule has 0 aromatic heterocycles. The molecule has 0 spiro atoms. The van der Waals surface area contributed by atoms with Crippen LogP contribution in [-0.4, -0.2) is 38.2 Å². The first-order valence-corrected chi connectivity index (χ1v) is 9.94. The lowest BCUT2D eigenvalue weighted by Crippen LogP contribution is -2.16. The molecular formula is C23H26O6. The van der Waals surface area contributed by atoms with Gasteiger partial charge in [-0.15, -0.1) is 0 Å². The summed E-state index contributed by atoms with van der Waals surface area (Å²) in [5, 5.41) is 0. The molecule has 2 aromatic carbocycles. The summed E-state index contributed by atoms with van der Waals surface area (Å²) in [4.78, 5) is 25.2. The van der Waals surface area contributed by atoms with Crippen molar-refractivity contribution in [3.05, 3.63) is 53.6 Å². The number of benzene rings is 2. The molecule has 6 heteroatoms. The quantitative estimate of drug-likeness (QED) is 0.316. The Morgan fingerprint density at radius 1 is 0.966 bits per heavy atom. The van der Waals surface area contributed by atoms with Gasteiger partial charge in [0.2, 0.25) is 0 Å². The van der Waals surface area contributed by atoms with Gasteiger partial charge >= 0.3 is 0 Å². The number of carbonyl (C=O) groups is 2. The molecule has 0 unspecified atom stereocenters. The molecule has 0 N–H and O–H groups in total. The third kappa shape index (κ3) is 5.81. The van der Waals surface area contributed by atoms with Crippen LogP contribution in [0.1, 0.15) is 53.3 Å². The van der Waals surface area contributed by atoms with Crippen molar-refractivity contribution in [2.75, 3.05) is 26.6 Å². The minimum absolute atomic E-state index is 0.0976. The van der Waals surface area contributed by atoms with Gasteiger partial charge in [-0.2, -0.15) is 0 Å². The van der Waals surface area contributed by atoms with Crippen LogP contribution in [0, 0.1) is 0 Å². The first-order chi connectivity index (χ1) is 14.2. The van der Waals surface area contributed by atoms with E-state index in [2.05, 4.69) is 6.92 Å². The van der Waals surface area contributed by atoms with Gasteiger partial charge < -0.3 is 18.9 Å². The summed E-state index contributed by atoms with van der Waals surface area (Å²) in [5.74, 6) is 1.42. The molecule has 154 valence electrons. The van der Waals surface area contributed by atoms with Crippen LogP contribution in [0.15, 0.2) is 42.5 Å². The number of rotatable bonds is 11. The highest BCUT2D eigenvalue weighted by atomic mass is 16.7. The number of carbonyl (C=O) groups excluding carboxylic acids is 2. The number of fused-ring (bicyclic) bond motifs is 1. The lowest BCUT2D eigenvalue weighted by Gasteiger charge is -2.18. The minimum atomic E-state index is -0.139. The molecule has 1 aliphatic heterocycles. The van der Waals surface area contributed by atoms with Gasteiger partial charge in [-0.25, -0.2) is 0 Å². The fourth-order valence-electron chi connectivity index (χ4n) is 2.96. The molecule has 2 aromatic rings. The molecule has 0 saturated carbocycles. The first kappa shape index (κ1) is 20.9. The van der Waals surface area contributed by atoms with E-state index in [9.17, 15) is 9.59 Å². The minimum Gasteiger partial charge on any atom is -0.486 e. The SMILES string of the molecule is CCCCOCOc1ccccc1C(=O)CCC(=O)c1ccc2c(c1)OCCO2. The molecule has 0 atom stereocenters. The molecule has 0 amide bonds. The second kappa shape index (κ2) is 10.6. The van der Waals surface area contributed by atoms with Crippen LogP contribution in [0.2, 0.25) is 0 Å². The van der Waals surface area contributed by atoms with E-state index in [0.717, 1.165) is 12.8 Å². The third-order valence-corrected chi connectivity index (χ3v) is 4.57. The zero-order chi connectivity index (χ0) is 20.5. The number of hydrogen-bond acceptors (Lipinski definition) is 6. The van der Waals surface area contributed by atoms with Gasteiger partial charge in [0.1, 0.15) is 19.0 Å². The Kier molecular flexibility index (Phi) is 7.64. The van der Waals surface area contributed by atoms with Crippen molar-refractivity contribution in [1.29, 1.82) is 0 Å². The third-order valence-electron chi connectivity index (χ3n) is 4.57. The van der Waals surface area contributed by atoms with Crippen molar-refractivity contribution in [2.24, 2.45) is 0 Å². The van der Waals surface area contributed by atoms with Crippen LogP contribution in [0.4, 0.5) is 0 Å². The summed E-state index contributed by atoms with van der Waals surface area (Å²) in [6.07, 6.45) is 2.22. The Balaban J connectivity index is 1.56. The van der Waals surface area contributed by atoms with Crippen molar-refractivity contribution >= 4 is 11.6 Å². The fraction of sp³-hybridized carbons (Fsp3) is 0.391. The predicted octanol–water partition coefficient (Wildman–Crippen LogP) is 4.46. The number of unbranched alkanes of at least 4 members (excludes halogenated alkanes) is 1. The first-order valence-electron chi connectivity index (χ1n) is 9.94. The van der Waals surface area contributed by atoms with E-state index >= 15 is 0 Å². The van der Waals surface area contributed by atoms with E-state index in [1.807, 2.05) is 0 Å². The number of Topliss-reactive ketones (excluding diaryl/α,β-unsaturated/α-hetero) is 2. The van der Waals surface area contributed by atoms with E-state index in [4.69, 9.17) is 18.9 Å². The topological polar surface area (TPSA) is 71.1 Å². The molecular weight excluding hydrogens is 372 g/mol. The molecule has 3 rings (SSSR count). The summed E-state index contributed by atoms with van der Waals surface area (Å²) in [5.41, 5.74) is 0.970. The van der Waals surface area contributed by atoms with Gasteiger partial charge in [-0.05, 0) is 36.8 Å². The molecule has 6 nitrogen and oxygen atoms in total. The second-order valence-electron chi connectivity index (χ2n) is 6.72. The van der Waals surface area contributed by atoms with Crippen molar-refractivity contribution in [1.82, 2.24) is 0 Å². The standard InChI is InChI=1S/C23H26O6/c1-2-3-12-26-16-29-21-7-5-4-6-18(21)20(25)10-9-19(24)17-8-11-22-23(15-17)28-14-13-27-22/h4-8,11,15H,2-3,9-10,12-14,16H2,1H3. The summed E-state index contributed by atoms with van der Waals surface area (Å²) in [7, 11) is 0. The van der Waals surface area contributed by atoms with Gasteiger partial charge in [-0.3, -0.25) is 9.59 Å². The maximum Gasteiger partial charge on any atom is 0.189 e. The normalized spacial score (nSPS) is 12.4. The fourth-order valence-corrected chi connectivity index (χ4v) is 2.96. The van der Waals surface area contributed by atoms with E-state index in [0.29, 0.717) is 48.2 Å². The Morgan fingerprint density at radius 3 is 2.55 bits per heavy atom. The molecule has 1 aliphatic rings. The Hall–Kier alpha value is -2.86. The molecule has 0 aliphatic carbocycles. The molecule has 0 saturated heterocycles. The van der Waals surface area contributed by atoms with Gasteiger partial charge in [0.15, 0.2) is 29.9 Å². The molecule has 0 radical (unpaired) electrons. The van der Waals surface area contributed by atoms with Crippen molar-refractivity contribution in [3.63, 3.8) is 0 Å². The number of para-hydroxylation sites is 1. The largest absolute Gasteiger partial charge is 0.486 e. The van der Waals surface area contributed by atoms with Crippen molar-refractivity contribution < 1.29 is 28.5 Å². The van der Waals surface area contributed by atoms with E-state index in [1.165, 1.54) is 0 Å². The zero-order valence-electron chi connectivity index (χ0n) is 16.6. The Labute approximate surface area is 170 Å². The highest BCUT2D eigenvalue weighted by molar-refractivity contribution is 6.03. The molecule has 1 heterocycles. The van der Waals surface area contributed by atoms with Crippen molar-refractivity contribution in [2.45, 2.75) is 32.6 Å². The highest BCUT2D eigenvalue weighted by Gasteiger charge is 2.17. The Bertz CT molecular complexity index is 845. The van der Waals surface area contributed by atoms with Gasteiger partial charge in [0.05, 0.1) is 12.2 Å². The summed E-state index contributed by atoms with van der Waals surface area (Å²) >= 11 is 0. The summed E-state index contributed by atoms with van der Waals surface area (Å²) in [6.45, 7) is 3.77. The maximum atomic E-state index is 12.7. The predicted molar refractivity (Wildman–Crippen MR) is 108 cm³/mol. The summed E-state index contributed by atoms with van der Waals surface area (Å²) in [6, 6.07) is 12.1. The number of ether oxygens (including phenoxy) is 4. The average Bonchev–Trinajstić information content (AvgIpc) is 2.77. The highest BCUT2D eigenvalue weighted by Crippen LogP contribution is 2.31.